The molecular formula is C18H12O. The van der Waals surface area contributed by atoms with Gasteiger partial charge in [0.1, 0.15) is 0 Å². The highest BCUT2D eigenvalue weighted by molar-refractivity contribution is 5.74. The van der Waals surface area contributed by atoms with Crippen LogP contribution >= 0.6 is 0 Å². The van der Waals surface area contributed by atoms with Crippen molar-refractivity contribution in [1.29, 1.82) is 0 Å². The van der Waals surface area contributed by atoms with Crippen LogP contribution in [0.1, 0.15) is 22.3 Å². The van der Waals surface area contributed by atoms with Crippen LogP contribution in [-0.4, -0.2) is 6.29 Å². The highest BCUT2D eigenvalue weighted by Crippen LogP contribution is 2.04. The fourth-order valence-corrected chi connectivity index (χ4v) is 1.53. The van der Waals surface area contributed by atoms with E-state index >= 15 is 0 Å². The van der Waals surface area contributed by atoms with E-state index in [1.165, 1.54) is 5.56 Å². The summed E-state index contributed by atoms with van der Waals surface area (Å²) in [5.41, 5.74) is 3.96. The van der Waals surface area contributed by atoms with Crippen molar-refractivity contribution in [2.75, 3.05) is 0 Å². The van der Waals surface area contributed by atoms with Gasteiger partial charge in [0.25, 0.3) is 0 Å². The van der Waals surface area contributed by atoms with Gasteiger partial charge >= 0.3 is 0 Å². The zero-order chi connectivity index (χ0) is 13.5. The van der Waals surface area contributed by atoms with Crippen LogP contribution < -0.4 is 0 Å². The van der Waals surface area contributed by atoms with Gasteiger partial charge in [0.15, 0.2) is 6.29 Å². The van der Waals surface area contributed by atoms with E-state index in [0.717, 1.165) is 16.7 Å². The predicted molar refractivity (Wildman–Crippen MR) is 76.5 cm³/mol. The molecule has 19 heavy (non-hydrogen) atoms. The van der Waals surface area contributed by atoms with Crippen molar-refractivity contribution in [2.45, 2.75) is 6.92 Å². The van der Waals surface area contributed by atoms with Crippen LogP contribution in [0.5, 0.6) is 0 Å². The van der Waals surface area contributed by atoms with E-state index in [1.807, 2.05) is 48.5 Å². The molecule has 0 unspecified atom stereocenters. The van der Waals surface area contributed by atoms with Crippen molar-refractivity contribution in [2.24, 2.45) is 0 Å². The fourth-order valence-electron chi connectivity index (χ4n) is 1.53. The second-order valence-corrected chi connectivity index (χ2v) is 4.08. The van der Waals surface area contributed by atoms with Crippen molar-refractivity contribution < 1.29 is 4.79 Å². The molecule has 90 valence electrons. The minimum Gasteiger partial charge on any atom is -0.289 e. The second-order valence-electron chi connectivity index (χ2n) is 4.08. The molecule has 2 aromatic carbocycles. The first-order chi connectivity index (χ1) is 9.28. The Morgan fingerprint density at radius 3 is 1.63 bits per heavy atom. The molecule has 0 bridgehead atoms. The molecule has 1 nitrogen and oxygen atoms in total. The lowest BCUT2D eigenvalue weighted by atomic mass is 10.1. The van der Waals surface area contributed by atoms with E-state index in [2.05, 4.69) is 30.6 Å². The first-order valence-electron chi connectivity index (χ1n) is 5.92. The molecule has 0 aliphatic rings. The topological polar surface area (TPSA) is 17.1 Å². The first-order valence-corrected chi connectivity index (χ1v) is 5.92. The van der Waals surface area contributed by atoms with Gasteiger partial charge in [-0.2, -0.15) is 0 Å². The van der Waals surface area contributed by atoms with Crippen LogP contribution in [0, 0.1) is 30.6 Å². The highest BCUT2D eigenvalue weighted by Gasteiger charge is 1.89. The van der Waals surface area contributed by atoms with Crippen molar-refractivity contribution in [1.82, 2.24) is 0 Å². The normalized spacial score (nSPS) is 8.68. The standard InChI is InChI=1S/C18H12O/c1-15-4-6-17(7-5-15)12-13-18-10-8-16(9-11-18)3-2-14-19/h4-11,14H,1H3. The molecule has 1 heteroatoms. The van der Waals surface area contributed by atoms with Crippen molar-refractivity contribution in [3.63, 3.8) is 0 Å². The summed E-state index contributed by atoms with van der Waals surface area (Å²) in [7, 11) is 0. The minimum atomic E-state index is 0.588. The average Bonchev–Trinajstić information content (AvgIpc) is 2.46. The maximum Gasteiger partial charge on any atom is 0.193 e. The van der Waals surface area contributed by atoms with Gasteiger partial charge in [-0.1, -0.05) is 35.5 Å². The molecule has 0 aliphatic heterocycles. The van der Waals surface area contributed by atoms with Crippen LogP contribution in [0.4, 0.5) is 0 Å². The summed E-state index contributed by atoms with van der Waals surface area (Å²) in [6.45, 7) is 2.05. The zero-order valence-corrected chi connectivity index (χ0v) is 10.6. The van der Waals surface area contributed by atoms with Crippen LogP contribution in [0.3, 0.4) is 0 Å². The lowest BCUT2D eigenvalue weighted by molar-refractivity contribution is -0.103. The summed E-state index contributed by atoms with van der Waals surface area (Å²) in [5, 5.41) is 0. The summed E-state index contributed by atoms with van der Waals surface area (Å²) < 4.78 is 0. The van der Waals surface area contributed by atoms with Gasteiger partial charge in [-0.3, -0.25) is 4.79 Å². The molecule has 2 aromatic rings. The summed E-state index contributed by atoms with van der Waals surface area (Å²) in [6, 6.07) is 15.6. The number of hydrogen-bond donors (Lipinski definition) is 0. The van der Waals surface area contributed by atoms with Gasteiger partial charge in [-0.25, -0.2) is 0 Å². The van der Waals surface area contributed by atoms with Gasteiger partial charge in [0.05, 0.1) is 0 Å². The number of rotatable bonds is 0. The Morgan fingerprint density at radius 2 is 1.16 bits per heavy atom. The maximum atomic E-state index is 10.1. The van der Waals surface area contributed by atoms with Gasteiger partial charge in [-0.05, 0) is 49.2 Å². The lowest BCUT2D eigenvalue weighted by Crippen LogP contribution is -1.79. The summed E-state index contributed by atoms with van der Waals surface area (Å²) in [4.78, 5) is 10.1. The quantitative estimate of drug-likeness (QED) is 0.514. The van der Waals surface area contributed by atoms with Crippen LogP contribution in [0.2, 0.25) is 0 Å². The van der Waals surface area contributed by atoms with Crippen LogP contribution in [0.25, 0.3) is 0 Å². The molecule has 0 spiro atoms. The third-order valence-electron chi connectivity index (χ3n) is 2.56. The smallest absolute Gasteiger partial charge is 0.193 e. The number of hydrogen-bond acceptors (Lipinski definition) is 1. The summed E-state index contributed by atoms with van der Waals surface area (Å²) in [6.07, 6.45) is 0.588. The van der Waals surface area contributed by atoms with E-state index < -0.39 is 0 Å². The molecule has 0 N–H and O–H groups in total. The molecule has 0 aromatic heterocycles. The first kappa shape index (κ1) is 12.7. The SMILES string of the molecule is Cc1ccc(C#Cc2ccc(C#CC=O)cc2)cc1. The molecule has 0 atom stereocenters. The number of aldehydes is 1. The van der Waals surface area contributed by atoms with E-state index in [9.17, 15) is 4.79 Å². The Balaban J connectivity index is 2.16. The predicted octanol–water partition coefficient (Wildman–Crippen LogP) is 2.95. The largest absolute Gasteiger partial charge is 0.289 e. The Bertz CT molecular complexity index is 684. The molecular weight excluding hydrogens is 232 g/mol. The monoisotopic (exact) mass is 244 g/mol. The Kier molecular flexibility index (Phi) is 4.17. The molecule has 0 heterocycles. The lowest BCUT2D eigenvalue weighted by Gasteiger charge is -1.93. The molecule has 0 aliphatic carbocycles. The zero-order valence-electron chi connectivity index (χ0n) is 10.6. The number of benzene rings is 2. The van der Waals surface area contributed by atoms with Gasteiger partial charge < -0.3 is 0 Å². The molecule has 2 rings (SSSR count). The number of carbonyl (C=O) groups is 1. The third-order valence-corrected chi connectivity index (χ3v) is 2.56. The number of carbonyl (C=O) groups excluding carboxylic acids is 1. The van der Waals surface area contributed by atoms with E-state index in [-0.39, 0.29) is 0 Å². The number of aryl methyl sites for hydroxylation is 1. The van der Waals surface area contributed by atoms with E-state index in [1.54, 1.807) is 0 Å². The highest BCUT2D eigenvalue weighted by atomic mass is 16.1. The van der Waals surface area contributed by atoms with Crippen LogP contribution in [-0.2, 0) is 4.79 Å². The molecule has 0 fully saturated rings. The van der Waals surface area contributed by atoms with Gasteiger partial charge in [-0.15, -0.1) is 0 Å². The Labute approximate surface area is 113 Å². The molecule has 0 saturated heterocycles. The molecule has 0 saturated carbocycles. The van der Waals surface area contributed by atoms with E-state index in [0.29, 0.717) is 6.29 Å². The summed E-state index contributed by atoms with van der Waals surface area (Å²) >= 11 is 0. The summed E-state index contributed by atoms with van der Waals surface area (Å²) in [5.74, 6) is 11.3. The van der Waals surface area contributed by atoms with Gasteiger partial charge in [0, 0.05) is 16.7 Å². The second kappa shape index (κ2) is 6.24. The molecule has 0 radical (unpaired) electrons. The van der Waals surface area contributed by atoms with Gasteiger partial charge in [0.2, 0.25) is 0 Å². The van der Waals surface area contributed by atoms with Crippen molar-refractivity contribution in [3.05, 3.63) is 70.8 Å². The maximum absolute atomic E-state index is 10.1. The van der Waals surface area contributed by atoms with E-state index in [4.69, 9.17) is 0 Å². The van der Waals surface area contributed by atoms with Crippen molar-refractivity contribution >= 4 is 6.29 Å². The molecule has 0 amide bonds. The van der Waals surface area contributed by atoms with Crippen molar-refractivity contribution in [3.8, 4) is 23.7 Å². The van der Waals surface area contributed by atoms with Crippen LogP contribution in [0.15, 0.2) is 48.5 Å². The Morgan fingerprint density at radius 1 is 0.737 bits per heavy atom. The fraction of sp³-hybridized carbons (Fsp3) is 0.0556. The Hall–Kier alpha value is -2.77. The average molecular weight is 244 g/mol. The third kappa shape index (κ3) is 3.87. The minimum absolute atomic E-state index is 0.588.